The Kier molecular flexibility index (Phi) is 6.35. The molecule has 0 radical (unpaired) electrons. The number of Topliss-reactive ketones (excluding diaryl/α,β-unsaturated/α-hetero) is 1. The monoisotopic (exact) mass is 407 g/mol. The number of ketones is 1. The average molecular weight is 408 g/mol. The zero-order valence-corrected chi connectivity index (χ0v) is 18.8. The molecule has 0 bridgehead atoms. The summed E-state index contributed by atoms with van der Waals surface area (Å²) in [4.78, 5) is 27.3. The Morgan fingerprint density at radius 2 is 1.63 bits per heavy atom. The minimum absolute atomic E-state index is 0.0202. The maximum Gasteiger partial charge on any atom is 0.260 e. The van der Waals surface area contributed by atoms with E-state index in [2.05, 4.69) is 26.8 Å². The maximum absolute atomic E-state index is 12.9. The normalized spacial score (nSPS) is 16.2. The molecule has 2 aromatic carbocycles. The molecular formula is C26H33NO3. The van der Waals surface area contributed by atoms with Gasteiger partial charge in [0.25, 0.3) is 5.91 Å². The number of ether oxygens (including phenoxy) is 1. The van der Waals surface area contributed by atoms with Crippen LogP contribution in [-0.2, 0) is 20.4 Å². The van der Waals surface area contributed by atoms with Crippen LogP contribution in [0.1, 0.15) is 57.2 Å². The molecule has 160 valence electrons. The Bertz CT molecular complexity index is 904. The average Bonchev–Trinajstić information content (AvgIpc) is 2.72. The summed E-state index contributed by atoms with van der Waals surface area (Å²) in [6.07, 6.45) is 1.30. The molecule has 0 aliphatic carbocycles. The predicted octanol–water partition coefficient (Wildman–Crippen LogP) is 4.82. The fraction of sp³-hybridized carbons (Fsp3) is 0.462. The van der Waals surface area contributed by atoms with Gasteiger partial charge in [-0.25, -0.2) is 0 Å². The second-order valence-electron chi connectivity index (χ2n) is 9.38. The van der Waals surface area contributed by atoms with E-state index in [1.54, 1.807) is 6.92 Å². The van der Waals surface area contributed by atoms with Crippen molar-refractivity contribution >= 4 is 11.7 Å². The van der Waals surface area contributed by atoms with E-state index in [4.69, 9.17) is 4.74 Å². The lowest BCUT2D eigenvalue weighted by Gasteiger charge is -2.40. The van der Waals surface area contributed by atoms with E-state index in [0.717, 1.165) is 22.4 Å². The molecule has 1 saturated heterocycles. The van der Waals surface area contributed by atoms with Crippen LogP contribution in [0.15, 0.2) is 48.5 Å². The molecule has 4 nitrogen and oxygen atoms in total. The van der Waals surface area contributed by atoms with Crippen molar-refractivity contribution in [3.63, 3.8) is 0 Å². The molecule has 30 heavy (non-hydrogen) atoms. The molecule has 2 aromatic rings. The number of amides is 1. The topological polar surface area (TPSA) is 46.6 Å². The van der Waals surface area contributed by atoms with E-state index < -0.39 is 5.41 Å². The van der Waals surface area contributed by atoms with Crippen LogP contribution in [0.3, 0.4) is 0 Å². The summed E-state index contributed by atoms with van der Waals surface area (Å²) in [5.41, 5.74) is 2.64. The highest BCUT2D eigenvalue weighted by Crippen LogP contribution is 2.37. The summed E-state index contributed by atoms with van der Waals surface area (Å²) in [6, 6.07) is 16.1. The number of hydrogen-bond acceptors (Lipinski definition) is 3. The Hall–Kier alpha value is -2.62. The van der Waals surface area contributed by atoms with Gasteiger partial charge in [-0.2, -0.15) is 0 Å². The highest BCUT2D eigenvalue weighted by atomic mass is 16.5. The van der Waals surface area contributed by atoms with E-state index in [1.807, 2.05) is 54.3 Å². The van der Waals surface area contributed by atoms with Crippen molar-refractivity contribution in [1.29, 1.82) is 0 Å². The lowest BCUT2D eigenvalue weighted by Crippen LogP contribution is -2.49. The van der Waals surface area contributed by atoms with Gasteiger partial charge in [0.2, 0.25) is 0 Å². The van der Waals surface area contributed by atoms with Crippen molar-refractivity contribution in [2.45, 2.75) is 58.3 Å². The van der Waals surface area contributed by atoms with Crippen LogP contribution in [0.2, 0.25) is 0 Å². The van der Waals surface area contributed by atoms with Crippen LogP contribution < -0.4 is 4.74 Å². The van der Waals surface area contributed by atoms with E-state index in [9.17, 15) is 9.59 Å². The molecule has 1 aliphatic rings. The standard InChI is InChI=1S/C26H33NO3/c1-19-10-9-13-22(25(3,4)5)24(19)30-18-23(29)27-16-14-26(15-17-27,20(2)28)21-11-7-6-8-12-21/h6-13H,14-18H2,1-5H3. The van der Waals surface area contributed by atoms with Gasteiger partial charge in [0.1, 0.15) is 11.5 Å². The summed E-state index contributed by atoms with van der Waals surface area (Å²) in [6.45, 7) is 11.3. The molecule has 0 spiro atoms. The van der Waals surface area contributed by atoms with Crippen LogP contribution in [0.4, 0.5) is 0 Å². The second-order valence-corrected chi connectivity index (χ2v) is 9.38. The van der Waals surface area contributed by atoms with E-state index >= 15 is 0 Å². The second kappa shape index (κ2) is 8.63. The maximum atomic E-state index is 12.9. The zero-order valence-electron chi connectivity index (χ0n) is 18.8. The number of piperidine rings is 1. The van der Waals surface area contributed by atoms with E-state index in [1.165, 1.54) is 0 Å². The molecule has 1 heterocycles. The van der Waals surface area contributed by atoms with Crippen LogP contribution in [0.5, 0.6) is 5.75 Å². The first-order valence-electron chi connectivity index (χ1n) is 10.7. The molecule has 0 N–H and O–H groups in total. The number of rotatable bonds is 5. The van der Waals surface area contributed by atoms with Crippen LogP contribution in [0, 0.1) is 6.92 Å². The van der Waals surface area contributed by atoms with Gasteiger partial charge in [0, 0.05) is 13.1 Å². The third kappa shape index (κ3) is 4.43. The molecule has 1 amide bonds. The van der Waals surface area contributed by atoms with Crippen molar-refractivity contribution in [2.75, 3.05) is 19.7 Å². The SMILES string of the molecule is CC(=O)C1(c2ccccc2)CCN(C(=O)COc2c(C)cccc2C(C)(C)C)CC1. The molecule has 3 rings (SSSR count). The quantitative estimate of drug-likeness (QED) is 0.714. The fourth-order valence-electron chi connectivity index (χ4n) is 4.40. The molecular weight excluding hydrogens is 374 g/mol. The number of carbonyl (C=O) groups is 2. The Morgan fingerprint density at radius 1 is 1.00 bits per heavy atom. The highest BCUT2D eigenvalue weighted by molar-refractivity contribution is 5.88. The number of carbonyl (C=O) groups excluding carboxylic acids is 2. The van der Waals surface area contributed by atoms with Gasteiger partial charge in [-0.05, 0) is 48.8 Å². The third-order valence-electron chi connectivity index (χ3n) is 6.33. The number of nitrogens with zero attached hydrogens (tertiary/aromatic N) is 1. The van der Waals surface area contributed by atoms with E-state index in [-0.39, 0.29) is 23.7 Å². The minimum Gasteiger partial charge on any atom is -0.483 e. The lowest BCUT2D eigenvalue weighted by molar-refractivity contribution is -0.137. The predicted molar refractivity (Wildman–Crippen MR) is 120 cm³/mol. The van der Waals surface area contributed by atoms with Crippen molar-refractivity contribution < 1.29 is 14.3 Å². The fourth-order valence-corrected chi connectivity index (χ4v) is 4.40. The van der Waals surface area contributed by atoms with Crippen molar-refractivity contribution in [3.8, 4) is 5.75 Å². The first kappa shape index (κ1) is 22.1. The molecule has 0 unspecified atom stereocenters. The van der Waals surface area contributed by atoms with Crippen LogP contribution in [0.25, 0.3) is 0 Å². The lowest BCUT2D eigenvalue weighted by atomic mass is 9.70. The van der Waals surface area contributed by atoms with Gasteiger partial charge in [-0.1, -0.05) is 69.3 Å². The summed E-state index contributed by atoms with van der Waals surface area (Å²) in [5.74, 6) is 0.952. The Labute approximate surface area is 180 Å². The number of benzene rings is 2. The largest absolute Gasteiger partial charge is 0.483 e. The van der Waals surface area contributed by atoms with Gasteiger partial charge < -0.3 is 9.64 Å². The number of likely N-dealkylation sites (tertiary alicyclic amines) is 1. The number of hydrogen-bond donors (Lipinski definition) is 0. The van der Waals surface area contributed by atoms with Gasteiger partial charge >= 0.3 is 0 Å². The number of aryl methyl sites for hydroxylation is 1. The Balaban J connectivity index is 1.68. The number of para-hydroxylation sites is 1. The van der Waals surface area contributed by atoms with Crippen LogP contribution in [-0.4, -0.2) is 36.3 Å². The third-order valence-corrected chi connectivity index (χ3v) is 6.33. The van der Waals surface area contributed by atoms with Gasteiger partial charge in [0.05, 0.1) is 5.41 Å². The molecule has 1 aliphatic heterocycles. The van der Waals surface area contributed by atoms with Crippen molar-refractivity contribution in [1.82, 2.24) is 4.90 Å². The molecule has 0 saturated carbocycles. The van der Waals surface area contributed by atoms with E-state index in [0.29, 0.717) is 25.9 Å². The minimum atomic E-state index is -0.492. The summed E-state index contributed by atoms with van der Waals surface area (Å²) in [7, 11) is 0. The highest BCUT2D eigenvalue weighted by Gasteiger charge is 2.41. The zero-order chi connectivity index (χ0) is 21.9. The summed E-state index contributed by atoms with van der Waals surface area (Å²) >= 11 is 0. The van der Waals surface area contributed by atoms with Gasteiger partial charge in [-0.3, -0.25) is 9.59 Å². The van der Waals surface area contributed by atoms with Gasteiger partial charge in [0.15, 0.2) is 6.61 Å². The molecule has 0 atom stereocenters. The van der Waals surface area contributed by atoms with Crippen LogP contribution >= 0.6 is 0 Å². The van der Waals surface area contributed by atoms with Gasteiger partial charge in [-0.15, -0.1) is 0 Å². The summed E-state index contributed by atoms with van der Waals surface area (Å²) < 4.78 is 6.04. The molecule has 4 heteroatoms. The van der Waals surface area contributed by atoms with Crippen molar-refractivity contribution in [3.05, 3.63) is 65.2 Å². The summed E-state index contributed by atoms with van der Waals surface area (Å²) in [5, 5.41) is 0. The first-order valence-corrected chi connectivity index (χ1v) is 10.7. The Morgan fingerprint density at radius 3 is 2.20 bits per heavy atom. The molecule has 0 aromatic heterocycles. The van der Waals surface area contributed by atoms with Crippen molar-refractivity contribution in [2.24, 2.45) is 0 Å². The smallest absolute Gasteiger partial charge is 0.260 e. The molecule has 1 fully saturated rings. The first-order chi connectivity index (χ1) is 14.1.